The van der Waals surface area contributed by atoms with Crippen molar-refractivity contribution in [2.24, 2.45) is 0 Å². The first kappa shape index (κ1) is 9.66. The van der Waals surface area contributed by atoms with E-state index in [0.717, 1.165) is 13.0 Å². The summed E-state index contributed by atoms with van der Waals surface area (Å²) < 4.78 is 12.6. The Kier molecular flexibility index (Phi) is 3.14. The molecule has 0 aliphatic carbocycles. The monoisotopic (exact) mass is 193 g/mol. The third-order valence-corrected chi connectivity index (χ3v) is 2.81. The van der Waals surface area contributed by atoms with E-state index < -0.39 is 0 Å². The van der Waals surface area contributed by atoms with E-state index in [0.29, 0.717) is 6.04 Å². The fourth-order valence-electron chi connectivity index (χ4n) is 2.00. The van der Waals surface area contributed by atoms with Crippen LogP contribution >= 0.6 is 0 Å². The van der Waals surface area contributed by atoms with Gasteiger partial charge in [0.15, 0.2) is 0 Å². The zero-order chi connectivity index (χ0) is 9.80. The standard InChI is InChI=1S/C12H16FN/c13-11-6-4-10(5-7-11)9-12-3-1-2-8-14-12/h4-7,12,14H,1-3,8-9H2/t12-/m0/s1. The van der Waals surface area contributed by atoms with Gasteiger partial charge >= 0.3 is 0 Å². The summed E-state index contributed by atoms with van der Waals surface area (Å²) in [5, 5.41) is 3.49. The van der Waals surface area contributed by atoms with Crippen LogP contribution in [0.3, 0.4) is 0 Å². The van der Waals surface area contributed by atoms with Gasteiger partial charge in [0.2, 0.25) is 0 Å². The molecule has 1 fully saturated rings. The van der Waals surface area contributed by atoms with Crippen LogP contribution in [0, 0.1) is 5.82 Å². The molecule has 2 rings (SSSR count). The molecule has 0 unspecified atom stereocenters. The van der Waals surface area contributed by atoms with Gasteiger partial charge in [-0.2, -0.15) is 0 Å². The molecule has 76 valence electrons. The summed E-state index contributed by atoms with van der Waals surface area (Å²) in [5.41, 5.74) is 1.23. The quantitative estimate of drug-likeness (QED) is 0.761. The number of nitrogens with one attached hydrogen (secondary N) is 1. The van der Waals surface area contributed by atoms with Crippen molar-refractivity contribution in [3.63, 3.8) is 0 Å². The van der Waals surface area contributed by atoms with E-state index in [4.69, 9.17) is 0 Å². The molecule has 2 heteroatoms. The van der Waals surface area contributed by atoms with Crippen LogP contribution in [0.15, 0.2) is 24.3 Å². The van der Waals surface area contributed by atoms with Gasteiger partial charge in [-0.25, -0.2) is 4.39 Å². The van der Waals surface area contributed by atoms with E-state index in [1.165, 1.54) is 37.0 Å². The molecule has 1 N–H and O–H groups in total. The Hall–Kier alpha value is -0.890. The molecule has 0 aromatic heterocycles. The highest BCUT2D eigenvalue weighted by molar-refractivity contribution is 5.17. The van der Waals surface area contributed by atoms with Crippen molar-refractivity contribution in [3.05, 3.63) is 35.6 Å². The largest absolute Gasteiger partial charge is 0.314 e. The molecule has 1 atom stereocenters. The Morgan fingerprint density at radius 3 is 2.64 bits per heavy atom. The van der Waals surface area contributed by atoms with Gasteiger partial charge in [-0.15, -0.1) is 0 Å². The van der Waals surface area contributed by atoms with Crippen LogP contribution in [0.4, 0.5) is 4.39 Å². The normalized spacial score (nSPS) is 22.2. The number of hydrogen-bond acceptors (Lipinski definition) is 1. The first-order valence-electron chi connectivity index (χ1n) is 5.32. The predicted molar refractivity (Wildman–Crippen MR) is 55.7 cm³/mol. The Balaban J connectivity index is 1.92. The van der Waals surface area contributed by atoms with Crippen LogP contribution in [-0.4, -0.2) is 12.6 Å². The van der Waals surface area contributed by atoms with E-state index in [-0.39, 0.29) is 5.82 Å². The molecule has 1 nitrogen and oxygen atoms in total. The molecule has 0 spiro atoms. The first-order valence-corrected chi connectivity index (χ1v) is 5.32. The van der Waals surface area contributed by atoms with E-state index in [1.54, 1.807) is 0 Å². The second-order valence-electron chi connectivity index (χ2n) is 3.98. The second-order valence-corrected chi connectivity index (χ2v) is 3.98. The summed E-state index contributed by atoms with van der Waals surface area (Å²) in [4.78, 5) is 0. The summed E-state index contributed by atoms with van der Waals surface area (Å²) in [5.74, 6) is -0.148. The lowest BCUT2D eigenvalue weighted by Crippen LogP contribution is -2.35. The van der Waals surface area contributed by atoms with Crippen molar-refractivity contribution in [2.45, 2.75) is 31.7 Å². The van der Waals surface area contributed by atoms with Crippen molar-refractivity contribution >= 4 is 0 Å². The van der Waals surface area contributed by atoms with Crippen molar-refractivity contribution in [1.29, 1.82) is 0 Å². The Morgan fingerprint density at radius 1 is 1.21 bits per heavy atom. The van der Waals surface area contributed by atoms with Crippen LogP contribution in [0.2, 0.25) is 0 Å². The summed E-state index contributed by atoms with van der Waals surface area (Å²) in [6.07, 6.45) is 4.89. The van der Waals surface area contributed by atoms with Crippen LogP contribution in [0.25, 0.3) is 0 Å². The topological polar surface area (TPSA) is 12.0 Å². The maximum atomic E-state index is 12.6. The molecule has 1 aliphatic rings. The third kappa shape index (κ3) is 2.55. The minimum absolute atomic E-state index is 0.148. The Labute approximate surface area is 84.3 Å². The molecular weight excluding hydrogens is 177 g/mol. The molecular formula is C12H16FN. The fourth-order valence-corrected chi connectivity index (χ4v) is 2.00. The molecule has 1 aromatic carbocycles. The minimum atomic E-state index is -0.148. The van der Waals surface area contributed by atoms with Gasteiger partial charge in [-0.1, -0.05) is 18.6 Å². The molecule has 0 amide bonds. The smallest absolute Gasteiger partial charge is 0.123 e. The molecule has 1 heterocycles. The number of piperidine rings is 1. The summed E-state index contributed by atoms with van der Waals surface area (Å²) in [6.45, 7) is 1.13. The highest BCUT2D eigenvalue weighted by atomic mass is 19.1. The van der Waals surface area contributed by atoms with Gasteiger partial charge in [0.05, 0.1) is 0 Å². The molecule has 1 aromatic rings. The van der Waals surface area contributed by atoms with Crippen LogP contribution in [0.1, 0.15) is 24.8 Å². The van der Waals surface area contributed by atoms with Gasteiger partial charge in [0, 0.05) is 6.04 Å². The average Bonchev–Trinajstić information content (AvgIpc) is 2.23. The summed E-state index contributed by atoms with van der Waals surface area (Å²) in [7, 11) is 0. The molecule has 1 aliphatic heterocycles. The lowest BCUT2D eigenvalue weighted by atomic mass is 9.98. The van der Waals surface area contributed by atoms with Crippen molar-refractivity contribution in [1.82, 2.24) is 5.32 Å². The van der Waals surface area contributed by atoms with E-state index in [9.17, 15) is 4.39 Å². The second kappa shape index (κ2) is 4.56. The lowest BCUT2D eigenvalue weighted by Gasteiger charge is -2.23. The zero-order valence-corrected chi connectivity index (χ0v) is 8.30. The first-order chi connectivity index (χ1) is 6.84. The summed E-state index contributed by atoms with van der Waals surface area (Å²) >= 11 is 0. The molecule has 14 heavy (non-hydrogen) atoms. The molecule has 0 bridgehead atoms. The minimum Gasteiger partial charge on any atom is -0.314 e. The maximum Gasteiger partial charge on any atom is 0.123 e. The highest BCUT2D eigenvalue weighted by Crippen LogP contribution is 2.13. The fraction of sp³-hybridized carbons (Fsp3) is 0.500. The maximum absolute atomic E-state index is 12.6. The Bertz CT molecular complexity index is 275. The molecule has 0 saturated carbocycles. The van der Waals surface area contributed by atoms with E-state index in [2.05, 4.69) is 5.32 Å². The number of halogens is 1. The van der Waals surface area contributed by atoms with Crippen molar-refractivity contribution in [3.8, 4) is 0 Å². The lowest BCUT2D eigenvalue weighted by molar-refractivity contribution is 0.399. The van der Waals surface area contributed by atoms with Gasteiger partial charge in [0.25, 0.3) is 0 Å². The number of rotatable bonds is 2. The van der Waals surface area contributed by atoms with Crippen LogP contribution in [0.5, 0.6) is 0 Å². The predicted octanol–water partition coefficient (Wildman–Crippen LogP) is 2.51. The molecule has 0 radical (unpaired) electrons. The summed E-state index contributed by atoms with van der Waals surface area (Å²) in [6, 6.07) is 7.43. The van der Waals surface area contributed by atoms with Crippen LogP contribution in [-0.2, 0) is 6.42 Å². The van der Waals surface area contributed by atoms with Gasteiger partial charge < -0.3 is 5.32 Å². The SMILES string of the molecule is Fc1ccc(C[C@@H]2CCCCN2)cc1. The van der Waals surface area contributed by atoms with Gasteiger partial charge in [-0.05, 0) is 43.5 Å². The molecule has 1 saturated heterocycles. The average molecular weight is 193 g/mol. The van der Waals surface area contributed by atoms with E-state index >= 15 is 0 Å². The van der Waals surface area contributed by atoms with Crippen molar-refractivity contribution in [2.75, 3.05) is 6.54 Å². The number of benzene rings is 1. The number of hydrogen-bond donors (Lipinski definition) is 1. The Morgan fingerprint density at radius 2 is 2.00 bits per heavy atom. The third-order valence-electron chi connectivity index (χ3n) is 2.81. The van der Waals surface area contributed by atoms with E-state index in [1.807, 2.05) is 12.1 Å². The zero-order valence-electron chi connectivity index (χ0n) is 8.30. The van der Waals surface area contributed by atoms with Crippen LogP contribution < -0.4 is 5.32 Å². The highest BCUT2D eigenvalue weighted by Gasteiger charge is 2.12. The van der Waals surface area contributed by atoms with Crippen molar-refractivity contribution < 1.29 is 4.39 Å². The van der Waals surface area contributed by atoms with Gasteiger partial charge in [0.1, 0.15) is 5.82 Å². The van der Waals surface area contributed by atoms with Gasteiger partial charge in [-0.3, -0.25) is 0 Å².